The van der Waals surface area contributed by atoms with Gasteiger partial charge in [0.05, 0.1) is 0 Å². The van der Waals surface area contributed by atoms with Crippen molar-refractivity contribution in [2.24, 2.45) is 11.3 Å². The maximum Gasteiger partial charge on any atom is 0.149 e. The molecule has 1 fully saturated rings. The van der Waals surface area contributed by atoms with Gasteiger partial charge in [0.15, 0.2) is 0 Å². The van der Waals surface area contributed by atoms with Crippen LogP contribution >= 0.6 is 0 Å². The zero-order valence-corrected chi connectivity index (χ0v) is 7.39. The van der Waals surface area contributed by atoms with Gasteiger partial charge in [-0.3, -0.25) is 9.59 Å². The zero-order chi connectivity index (χ0) is 9.35. The first kappa shape index (κ1) is 9.10. The first-order chi connectivity index (χ1) is 5.46. The van der Waals surface area contributed by atoms with Crippen LogP contribution in [0.4, 0.5) is 0 Å². The maximum atomic E-state index is 11.3. The summed E-state index contributed by atoms with van der Waals surface area (Å²) in [6.45, 7) is 3.81. The molecule has 0 aromatic heterocycles. The average Bonchev–Trinajstić information content (AvgIpc) is 1.82. The van der Waals surface area contributed by atoms with E-state index in [2.05, 4.69) is 0 Å². The SMILES string of the molecule is CC1(C)CC(=O)C(C=N)C(=O)C1. The van der Waals surface area contributed by atoms with E-state index in [1.807, 2.05) is 13.8 Å². The highest BCUT2D eigenvalue weighted by atomic mass is 16.2. The Bertz CT molecular complexity index is 223. The smallest absolute Gasteiger partial charge is 0.149 e. The van der Waals surface area contributed by atoms with Gasteiger partial charge in [-0.15, -0.1) is 0 Å². The van der Waals surface area contributed by atoms with Crippen molar-refractivity contribution in [3.63, 3.8) is 0 Å². The molecular weight excluding hydrogens is 154 g/mol. The summed E-state index contributed by atoms with van der Waals surface area (Å²) in [5, 5.41) is 6.92. The van der Waals surface area contributed by atoms with Gasteiger partial charge in [0, 0.05) is 19.1 Å². The Morgan fingerprint density at radius 1 is 1.33 bits per heavy atom. The van der Waals surface area contributed by atoms with Crippen molar-refractivity contribution in [2.45, 2.75) is 26.7 Å². The van der Waals surface area contributed by atoms with Crippen LogP contribution in [0.25, 0.3) is 0 Å². The molecule has 0 aliphatic heterocycles. The summed E-state index contributed by atoms with van der Waals surface area (Å²) in [6, 6.07) is 0. The summed E-state index contributed by atoms with van der Waals surface area (Å²) < 4.78 is 0. The minimum atomic E-state index is -0.752. The molecule has 0 amide bonds. The summed E-state index contributed by atoms with van der Waals surface area (Å²) in [7, 11) is 0. The van der Waals surface area contributed by atoms with Gasteiger partial charge < -0.3 is 5.41 Å². The Kier molecular flexibility index (Phi) is 2.13. The van der Waals surface area contributed by atoms with Crippen molar-refractivity contribution in [1.29, 1.82) is 5.41 Å². The molecule has 1 N–H and O–H groups in total. The van der Waals surface area contributed by atoms with Gasteiger partial charge in [0.2, 0.25) is 0 Å². The second-order valence-corrected chi connectivity index (χ2v) is 4.09. The van der Waals surface area contributed by atoms with Crippen molar-refractivity contribution in [3.05, 3.63) is 0 Å². The fourth-order valence-corrected chi connectivity index (χ4v) is 1.59. The van der Waals surface area contributed by atoms with E-state index in [9.17, 15) is 9.59 Å². The molecule has 1 rings (SSSR count). The molecule has 0 saturated heterocycles. The molecule has 1 aliphatic rings. The number of Topliss-reactive ketones (excluding diaryl/α,β-unsaturated/α-hetero) is 2. The molecule has 0 radical (unpaired) electrons. The molecule has 0 atom stereocenters. The molecule has 0 heterocycles. The minimum Gasteiger partial charge on any atom is -0.312 e. The standard InChI is InChI=1S/C9H13NO2/c1-9(2)3-7(11)6(5-10)8(12)4-9/h5-6,10H,3-4H2,1-2H3. The molecule has 0 aromatic carbocycles. The number of rotatable bonds is 1. The van der Waals surface area contributed by atoms with Gasteiger partial charge >= 0.3 is 0 Å². The van der Waals surface area contributed by atoms with E-state index in [1.165, 1.54) is 0 Å². The van der Waals surface area contributed by atoms with Crippen LogP contribution in [-0.4, -0.2) is 17.8 Å². The van der Waals surface area contributed by atoms with Crippen LogP contribution in [0.3, 0.4) is 0 Å². The van der Waals surface area contributed by atoms with Gasteiger partial charge in [-0.1, -0.05) is 13.8 Å². The first-order valence-corrected chi connectivity index (χ1v) is 4.02. The third-order valence-electron chi connectivity index (χ3n) is 2.17. The molecule has 66 valence electrons. The molecular formula is C9H13NO2. The van der Waals surface area contributed by atoms with Gasteiger partial charge in [0.1, 0.15) is 17.5 Å². The maximum absolute atomic E-state index is 11.3. The van der Waals surface area contributed by atoms with E-state index in [0.29, 0.717) is 12.8 Å². The lowest BCUT2D eigenvalue weighted by Gasteiger charge is -2.30. The second kappa shape index (κ2) is 2.81. The van der Waals surface area contributed by atoms with Crippen LogP contribution in [0.1, 0.15) is 26.7 Å². The normalized spacial score (nSPS) is 24.2. The fourth-order valence-electron chi connectivity index (χ4n) is 1.59. The molecule has 12 heavy (non-hydrogen) atoms. The van der Waals surface area contributed by atoms with Gasteiger partial charge in [-0.25, -0.2) is 0 Å². The minimum absolute atomic E-state index is 0.105. The van der Waals surface area contributed by atoms with E-state index >= 15 is 0 Å². The molecule has 3 heteroatoms. The van der Waals surface area contributed by atoms with E-state index in [1.54, 1.807) is 0 Å². The lowest BCUT2D eigenvalue weighted by atomic mass is 9.72. The summed E-state index contributed by atoms with van der Waals surface area (Å²) >= 11 is 0. The summed E-state index contributed by atoms with van der Waals surface area (Å²) in [4.78, 5) is 22.6. The van der Waals surface area contributed by atoms with Gasteiger partial charge in [-0.05, 0) is 5.41 Å². The fraction of sp³-hybridized carbons (Fsp3) is 0.667. The number of carbonyl (C=O) groups excluding carboxylic acids is 2. The number of nitrogens with one attached hydrogen (secondary N) is 1. The molecule has 0 aromatic rings. The Morgan fingerprint density at radius 3 is 2.08 bits per heavy atom. The van der Waals surface area contributed by atoms with Crippen LogP contribution < -0.4 is 0 Å². The van der Waals surface area contributed by atoms with E-state index < -0.39 is 5.92 Å². The molecule has 0 bridgehead atoms. The Hall–Kier alpha value is -0.990. The topological polar surface area (TPSA) is 58.0 Å². The lowest BCUT2D eigenvalue weighted by molar-refractivity contribution is -0.136. The highest BCUT2D eigenvalue weighted by molar-refractivity contribution is 6.15. The van der Waals surface area contributed by atoms with E-state index in [4.69, 9.17) is 5.41 Å². The number of carbonyl (C=O) groups is 2. The lowest BCUT2D eigenvalue weighted by Crippen LogP contribution is -2.38. The molecule has 0 spiro atoms. The number of hydrogen-bond acceptors (Lipinski definition) is 3. The van der Waals surface area contributed by atoms with Gasteiger partial charge in [0.25, 0.3) is 0 Å². The third kappa shape index (κ3) is 1.60. The molecule has 3 nitrogen and oxygen atoms in total. The van der Waals surface area contributed by atoms with Crippen molar-refractivity contribution < 1.29 is 9.59 Å². The predicted octanol–water partition coefficient (Wildman–Crippen LogP) is 1.21. The van der Waals surface area contributed by atoms with Gasteiger partial charge in [-0.2, -0.15) is 0 Å². The Balaban J connectivity index is 2.84. The average molecular weight is 167 g/mol. The van der Waals surface area contributed by atoms with Crippen LogP contribution in [0, 0.1) is 16.7 Å². The highest BCUT2D eigenvalue weighted by Gasteiger charge is 2.38. The summed E-state index contributed by atoms with van der Waals surface area (Å²) in [6.07, 6.45) is 1.79. The molecule has 1 saturated carbocycles. The summed E-state index contributed by atoms with van der Waals surface area (Å²) in [5.74, 6) is -0.962. The molecule has 1 aliphatic carbocycles. The third-order valence-corrected chi connectivity index (χ3v) is 2.17. The zero-order valence-electron chi connectivity index (χ0n) is 7.39. The van der Waals surface area contributed by atoms with Crippen LogP contribution in [0.5, 0.6) is 0 Å². The largest absolute Gasteiger partial charge is 0.312 e. The van der Waals surface area contributed by atoms with Crippen LogP contribution in [0.15, 0.2) is 0 Å². The molecule has 0 unspecified atom stereocenters. The van der Waals surface area contributed by atoms with Crippen molar-refractivity contribution >= 4 is 17.8 Å². The highest BCUT2D eigenvalue weighted by Crippen LogP contribution is 2.32. The predicted molar refractivity (Wildman–Crippen MR) is 45.3 cm³/mol. The number of ketones is 2. The monoisotopic (exact) mass is 167 g/mol. The van der Waals surface area contributed by atoms with Crippen LogP contribution in [-0.2, 0) is 9.59 Å². The van der Waals surface area contributed by atoms with E-state index in [-0.39, 0.29) is 17.0 Å². The van der Waals surface area contributed by atoms with Crippen LogP contribution in [0.2, 0.25) is 0 Å². The van der Waals surface area contributed by atoms with E-state index in [0.717, 1.165) is 6.21 Å². The number of hydrogen-bond donors (Lipinski definition) is 1. The summed E-state index contributed by atoms with van der Waals surface area (Å²) in [5.41, 5.74) is -0.201. The Labute approximate surface area is 71.7 Å². The van der Waals surface area contributed by atoms with Crippen molar-refractivity contribution in [2.75, 3.05) is 0 Å². The first-order valence-electron chi connectivity index (χ1n) is 4.02. The van der Waals surface area contributed by atoms with Crippen molar-refractivity contribution in [1.82, 2.24) is 0 Å². The Morgan fingerprint density at radius 2 is 1.75 bits per heavy atom. The second-order valence-electron chi connectivity index (χ2n) is 4.09. The quantitative estimate of drug-likeness (QED) is 0.471. The van der Waals surface area contributed by atoms with Crippen molar-refractivity contribution in [3.8, 4) is 0 Å².